The van der Waals surface area contributed by atoms with Crippen LogP contribution in [-0.4, -0.2) is 30.6 Å². The third kappa shape index (κ3) is 2.53. The summed E-state index contributed by atoms with van der Waals surface area (Å²) in [5.74, 6) is 0. The molecule has 2 atom stereocenters. The number of thiophene rings is 1. The van der Waals surface area contributed by atoms with Crippen LogP contribution in [0.25, 0.3) is 0 Å². The predicted octanol–water partition coefficient (Wildman–Crippen LogP) is 4.04. The Bertz CT molecular complexity index is 387. The first-order chi connectivity index (χ1) is 8.63. The molecule has 1 aliphatic rings. The first-order valence-corrected chi connectivity index (χ1v) is 8.46. The van der Waals surface area contributed by atoms with Gasteiger partial charge in [0.15, 0.2) is 0 Å². The third-order valence-electron chi connectivity index (χ3n) is 4.36. The van der Waals surface area contributed by atoms with Gasteiger partial charge in [0, 0.05) is 14.9 Å². The second-order valence-electron chi connectivity index (χ2n) is 5.26. The van der Waals surface area contributed by atoms with Gasteiger partial charge in [-0.1, -0.05) is 6.92 Å². The Morgan fingerprint density at radius 3 is 2.61 bits per heavy atom. The fourth-order valence-electron chi connectivity index (χ4n) is 3.07. The lowest BCUT2D eigenvalue weighted by atomic mass is 9.86. The van der Waals surface area contributed by atoms with Gasteiger partial charge in [-0.15, -0.1) is 11.3 Å². The zero-order valence-electron chi connectivity index (χ0n) is 11.5. The molecular weight excluding hydrogens is 308 g/mol. The van der Waals surface area contributed by atoms with Crippen molar-refractivity contribution in [3.05, 3.63) is 20.8 Å². The molecule has 1 saturated heterocycles. The van der Waals surface area contributed by atoms with Gasteiger partial charge in [-0.3, -0.25) is 4.90 Å². The van der Waals surface area contributed by atoms with Crippen LogP contribution in [0.3, 0.4) is 0 Å². The van der Waals surface area contributed by atoms with E-state index in [1.54, 1.807) is 0 Å². The minimum Gasteiger partial charge on any atom is -0.311 e. The minimum absolute atomic E-state index is 0.207. The van der Waals surface area contributed by atoms with Crippen molar-refractivity contribution in [2.75, 3.05) is 20.1 Å². The lowest BCUT2D eigenvalue weighted by Gasteiger charge is -2.44. The fourth-order valence-corrected chi connectivity index (χ4v) is 4.93. The van der Waals surface area contributed by atoms with Crippen molar-refractivity contribution in [2.24, 2.45) is 0 Å². The van der Waals surface area contributed by atoms with E-state index in [4.69, 9.17) is 0 Å². The van der Waals surface area contributed by atoms with Gasteiger partial charge in [0.2, 0.25) is 0 Å². The van der Waals surface area contributed by atoms with Gasteiger partial charge in [-0.2, -0.15) is 0 Å². The molecule has 18 heavy (non-hydrogen) atoms. The topological polar surface area (TPSA) is 15.3 Å². The number of rotatable bonds is 5. The largest absolute Gasteiger partial charge is 0.311 e. The highest BCUT2D eigenvalue weighted by molar-refractivity contribution is 9.10. The van der Waals surface area contributed by atoms with E-state index in [0.717, 1.165) is 0 Å². The quantitative estimate of drug-likeness (QED) is 0.876. The zero-order chi connectivity index (χ0) is 13.2. The standard InChI is InChI=1S/C14H23BrN2S/c1-4-14(2,17-8-5-6-9-17)13(16-3)12-11(15)7-10-18-12/h7,10,13,16H,4-6,8-9H2,1-3H3. The summed E-state index contributed by atoms with van der Waals surface area (Å²) in [5, 5.41) is 5.72. The second-order valence-corrected chi connectivity index (χ2v) is 7.06. The molecule has 2 heterocycles. The molecule has 0 amide bonds. The first kappa shape index (κ1) is 14.5. The van der Waals surface area contributed by atoms with Crippen molar-refractivity contribution < 1.29 is 0 Å². The molecule has 102 valence electrons. The monoisotopic (exact) mass is 330 g/mol. The number of hydrogen-bond acceptors (Lipinski definition) is 3. The Hall–Kier alpha value is 0.1000. The maximum absolute atomic E-state index is 3.69. The van der Waals surface area contributed by atoms with Crippen LogP contribution < -0.4 is 5.32 Å². The van der Waals surface area contributed by atoms with Crippen LogP contribution >= 0.6 is 27.3 Å². The van der Waals surface area contributed by atoms with Gasteiger partial charge in [-0.05, 0) is 73.7 Å². The maximum Gasteiger partial charge on any atom is 0.0608 e. The Labute approximate surface area is 123 Å². The van der Waals surface area contributed by atoms with Gasteiger partial charge in [-0.25, -0.2) is 0 Å². The van der Waals surface area contributed by atoms with Crippen molar-refractivity contribution in [1.82, 2.24) is 10.2 Å². The van der Waals surface area contributed by atoms with Crippen molar-refractivity contribution in [2.45, 2.75) is 44.7 Å². The Kier molecular flexibility index (Phi) is 4.86. The van der Waals surface area contributed by atoms with Gasteiger partial charge in [0.05, 0.1) is 6.04 Å². The van der Waals surface area contributed by atoms with Crippen LogP contribution in [0.1, 0.15) is 44.0 Å². The maximum atomic E-state index is 3.69. The Morgan fingerprint density at radius 2 is 2.17 bits per heavy atom. The van der Waals surface area contributed by atoms with Crippen LogP contribution in [-0.2, 0) is 0 Å². The van der Waals surface area contributed by atoms with Gasteiger partial charge in [0.1, 0.15) is 0 Å². The van der Waals surface area contributed by atoms with Crippen molar-refractivity contribution >= 4 is 27.3 Å². The third-order valence-corrected chi connectivity index (χ3v) is 6.30. The molecular formula is C14H23BrN2S. The average molecular weight is 331 g/mol. The number of halogens is 1. The first-order valence-electron chi connectivity index (χ1n) is 6.78. The molecule has 2 nitrogen and oxygen atoms in total. The summed E-state index contributed by atoms with van der Waals surface area (Å²) in [6, 6.07) is 2.56. The van der Waals surface area contributed by atoms with Crippen molar-refractivity contribution in [3.8, 4) is 0 Å². The molecule has 1 aliphatic heterocycles. The van der Waals surface area contributed by atoms with E-state index in [-0.39, 0.29) is 5.54 Å². The molecule has 0 aromatic carbocycles. The highest BCUT2D eigenvalue weighted by Crippen LogP contribution is 2.41. The van der Waals surface area contributed by atoms with Crippen LogP contribution in [0, 0.1) is 0 Å². The Balaban J connectivity index is 2.31. The number of hydrogen-bond donors (Lipinski definition) is 1. The number of likely N-dealkylation sites (tertiary alicyclic amines) is 1. The summed E-state index contributed by atoms with van der Waals surface area (Å²) in [7, 11) is 2.08. The van der Waals surface area contributed by atoms with E-state index >= 15 is 0 Å². The van der Waals surface area contributed by atoms with Crippen LogP contribution in [0.4, 0.5) is 0 Å². The number of likely N-dealkylation sites (N-methyl/N-ethyl adjacent to an activating group) is 1. The molecule has 1 fully saturated rings. The van der Waals surface area contributed by atoms with E-state index < -0.39 is 0 Å². The van der Waals surface area contributed by atoms with Crippen molar-refractivity contribution in [1.29, 1.82) is 0 Å². The van der Waals surface area contributed by atoms with E-state index in [0.29, 0.717) is 6.04 Å². The summed E-state index contributed by atoms with van der Waals surface area (Å²) >= 11 is 5.54. The molecule has 2 rings (SSSR count). The fraction of sp³-hybridized carbons (Fsp3) is 0.714. The average Bonchev–Trinajstić information content (AvgIpc) is 3.02. The molecule has 2 unspecified atom stereocenters. The summed E-state index contributed by atoms with van der Waals surface area (Å²) in [6.45, 7) is 7.20. The lowest BCUT2D eigenvalue weighted by molar-refractivity contribution is 0.0884. The summed E-state index contributed by atoms with van der Waals surface area (Å²) in [5.41, 5.74) is 0.207. The van der Waals surface area contributed by atoms with E-state index in [2.05, 4.69) is 58.5 Å². The van der Waals surface area contributed by atoms with E-state index in [1.165, 1.54) is 41.7 Å². The molecule has 1 N–H and O–H groups in total. The highest BCUT2D eigenvalue weighted by Gasteiger charge is 2.40. The molecule has 4 heteroatoms. The molecule has 0 radical (unpaired) electrons. The number of nitrogens with zero attached hydrogens (tertiary/aromatic N) is 1. The molecule has 0 saturated carbocycles. The number of nitrogens with one attached hydrogen (secondary N) is 1. The SMILES string of the molecule is CCC(C)(C(NC)c1sccc1Br)N1CCCC1. The summed E-state index contributed by atoms with van der Waals surface area (Å²) in [6.07, 6.45) is 3.86. The second kappa shape index (κ2) is 6.04. The van der Waals surface area contributed by atoms with E-state index in [9.17, 15) is 0 Å². The van der Waals surface area contributed by atoms with Gasteiger partial charge >= 0.3 is 0 Å². The smallest absolute Gasteiger partial charge is 0.0608 e. The normalized spacial score (nSPS) is 22.0. The van der Waals surface area contributed by atoms with Crippen LogP contribution in [0.15, 0.2) is 15.9 Å². The zero-order valence-corrected chi connectivity index (χ0v) is 13.9. The van der Waals surface area contributed by atoms with Crippen LogP contribution in [0.2, 0.25) is 0 Å². The Morgan fingerprint density at radius 1 is 1.50 bits per heavy atom. The van der Waals surface area contributed by atoms with E-state index in [1.807, 2.05) is 11.3 Å². The molecule has 1 aromatic heterocycles. The van der Waals surface area contributed by atoms with Crippen molar-refractivity contribution in [3.63, 3.8) is 0 Å². The molecule has 0 spiro atoms. The van der Waals surface area contributed by atoms with Gasteiger partial charge in [0.25, 0.3) is 0 Å². The predicted molar refractivity (Wildman–Crippen MR) is 83.3 cm³/mol. The van der Waals surface area contributed by atoms with Gasteiger partial charge < -0.3 is 5.32 Å². The highest BCUT2D eigenvalue weighted by atomic mass is 79.9. The minimum atomic E-state index is 0.207. The molecule has 0 bridgehead atoms. The molecule has 1 aromatic rings. The summed E-state index contributed by atoms with van der Waals surface area (Å²) < 4.78 is 1.24. The summed E-state index contributed by atoms with van der Waals surface area (Å²) in [4.78, 5) is 4.09. The van der Waals surface area contributed by atoms with Crippen LogP contribution in [0.5, 0.6) is 0 Å². The lowest BCUT2D eigenvalue weighted by Crippen LogP contribution is -2.52. The molecule has 0 aliphatic carbocycles.